The van der Waals surface area contributed by atoms with Crippen LogP contribution in [0.15, 0.2) is 0 Å². The van der Waals surface area contributed by atoms with E-state index in [0.717, 1.165) is 6.42 Å². The predicted molar refractivity (Wildman–Crippen MR) is 68.3 cm³/mol. The first kappa shape index (κ1) is 14.6. The highest BCUT2D eigenvalue weighted by molar-refractivity contribution is 5.90. The highest BCUT2D eigenvalue weighted by Gasteiger charge is 2.26. The van der Waals surface area contributed by atoms with Crippen LogP contribution >= 0.6 is 0 Å². The fourth-order valence-electron chi connectivity index (χ4n) is 1.54. The molecule has 0 bridgehead atoms. The molecule has 1 atom stereocenters. The first-order valence-electron chi connectivity index (χ1n) is 6.27. The molecular formula is C12H22N4O2. The minimum absolute atomic E-state index is 0.0376. The van der Waals surface area contributed by atoms with Gasteiger partial charge >= 0.3 is 0 Å². The fourth-order valence-corrected chi connectivity index (χ4v) is 1.54. The first-order chi connectivity index (χ1) is 8.41. The van der Waals surface area contributed by atoms with Gasteiger partial charge in [0, 0.05) is 18.1 Å². The van der Waals surface area contributed by atoms with Gasteiger partial charge in [0.25, 0.3) is 5.91 Å². The molecule has 1 rings (SSSR count). The summed E-state index contributed by atoms with van der Waals surface area (Å²) in [6.07, 6.45) is 1.25. The van der Waals surface area contributed by atoms with Crippen LogP contribution in [-0.2, 0) is 0 Å². The minimum Gasteiger partial charge on any atom is -0.396 e. The Morgan fingerprint density at radius 2 is 2.22 bits per heavy atom. The van der Waals surface area contributed by atoms with E-state index < -0.39 is 5.54 Å². The third-order valence-electron chi connectivity index (χ3n) is 3.11. The topological polar surface area (TPSA) is 90.9 Å². The Bertz CT molecular complexity index is 403. The molecule has 0 spiro atoms. The summed E-state index contributed by atoms with van der Waals surface area (Å²) in [5.41, 5.74) is -0.426. The van der Waals surface area contributed by atoms with E-state index in [1.165, 1.54) is 0 Å². The van der Waals surface area contributed by atoms with Gasteiger partial charge in [-0.05, 0) is 19.8 Å². The van der Waals surface area contributed by atoms with Crippen molar-refractivity contribution in [2.45, 2.75) is 52.0 Å². The van der Waals surface area contributed by atoms with Crippen LogP contribution in [0.1, 0.15) is 62.9 Å². The van der Waals surface area contributed by atoms with Crippen LogP contribution in [0.5, 0.6) is 0 Å². The maximum absolute atomic E-state index is 12.0. The molecule has 102 valence electrons. The summed E-state index contributed by atoms with van der Waals surface area (Å²) >= 11 is 0. The van der Waals surface area contributed by atoms with Gasteiger partial charge in [-0.2, -0.15) is 0 Å². The van der Waals surface area contributed by atoms with Crippen molar-refractivity contribution in [3.63, 3.8) is 0 Å². The average Bonchev–Trinajstić information content (AvgIpc) is 2.78. The van der Waals surface area contributed by atoms with Crippen LogP contribution in [0.4, 0.5) is 0 Å². The third-order valence-corrected chi connectivity index (χ3v) is 3.11. The molecule has 0 saturated heterocycles. The van der Waals surface area contributed by atoms with Gasteiger partial charge < -0.3 is 10.4 Å². The second-order valence-electron chi connectivity index (χ2n) is 5.04. The summed E-state index contributed by atoms with van der Waals surface area (Å²) in [6.45, 7) is 7.86. The zero-order valence-electron chi connectivity index (χ0n) is 11.4. The summed E-state index contributed by atoms with van der Waals surface area (Å²) in [6, 6.07) is 0. The van der Waals surface area contributed by atoms with Crippen LogP contribution in [0.2, 0.25) is 0 Å². The van der Waals surface area contributed by atoms with E-state index in [0.29, 0.717) is 12.2 Å². The van der Waals surface area contributed by atoms with E-state index in [4.69, 9.17) is 5.11 Å². The number of nitrogens with one attached hydrogen (secondary N) is 2. The number of amides is 1. The van der Waals surface area contributed by atoms with Gasteiger partial charge in [0.1, 0.15) is 5.82 Å². The second-order valence-corrected chi connectivity index (χ2v) is 5.04. The lowest BCUT2D eigenvalue weighted by Gasteiger charge is -2.28. The van der Waals surface area contributed by atoms with Gasteiger partial charge in [0.2, 0.25) is 5.82 Å². The van der Waals surface area contributed by atoms with Crippen LogP contribution in [0.3, 0.4) is 0 Å². The summed E-state index contributed by atoms with van der Waals surface area (Å²) in [7, 11) is 0. The average molecular weight is 254 g/mol. The van der Waals surface area contributed by atoms with E-state index >= 15 is 0 Å². The summed E-state index contributed by atoms with van der Waals surface area (Å²) < 4.78 is 0. The number of carbonyl (C=O) groups excluding carboxylic acids is 1. The maximum atomic E-state index is 12.0. The van der Waals surface area contributed by atoms with Gasteiger partial charge in [-0.1, -0.05) is 20.8 Å². The molecule has 1 unspecified atom stereocenters. The number of aromatic nitrogens is 3. The molecule has 0 aliphatic rings. The number of aromatic amines is 1. The first-order valence-corrected chi connectivity index (χ1v) is 6.27. The zero-order chi connectivity index (χ0) is 13.8. The standard InChI is InChI=1S/C12H22N4O2/c1-5-12(4,6-7-17)14-11(18)10-13-9(8(2)3)15-16-10/h8,17H,5-7H2,1-4H3,(H,14,18)(H,13,15,16). The highest BCUT2D eigenvalue weighted by Crippen LogP contribution is 2.15. The van der Waals surface area contributed by atoms with Crippen molar-refractivity contribution >= 4 is 5.91 Å². The molecule has 3 N–H and O–H groups in total. The number of carbonyl (C=O) groups is 1. The number of aliphatic hydroxyl groups is 1. The Kier molecular flexibility index (Phi) is 4.84. The molecule has 18 heavy (non-hydrogen) atoms. The Labute approximate surface area is 107 Å². The summed E-state index contributed by atoms with van der Waals surface area (Å²) in [5, 5.41) is 18.5. The Hall–Kier alpha value is -1.43. The second kappa shape index (κ2) is 5.95. The highest BCUT2D eigenvalue weighted by atomic mass is 16.3. The number of H-pyrrole nitrogens is 1. The Morgan fingerprint density at radius 3 is 2.67 bits per heavy atom. The van der Waals surface area contributed by atoms with Crippen molar-refractivity contribution in [2.75, 3.05) is 6.61 Å². The molecule has 0 fully saturated rings. The zero-order valence-corrected chi connectivity index (χ0v) is 11.4. The van der Waals surface area contributed by atoms with Crippen molar-refractivity contribution in [1.29, 1.82) is 0 Å². The molecule has 1 aromatic heterocycles. The molecule has 1 aromatic rings. The molecule has 0 radical (unpaired) electrons. The van der Waals surface area contributed by atoms with Gasteiger partial charge in [0.05, 0.1) is 0 Å². The normalized spacial score (nSPS) is 14.6. The van der Waals surface area contributed by atoms with E-state index in [-0.39, 0.29) is 24.3 Å². The van der Waals surface area contributed by atoms with E-state index in [1.807, 2.05) is 27.7 Å². The monoisotopic (exact) mass is 254 g/mol. The van der Waals surface area contributed by atoms with Crippen LogP contribution < -0.4 is 5.32 Å². The minimum atomic E-state index is -0.426. The molecule has 0 aromatic carbocycles. The van der Waals surface area contributed by atoms with Crippen molar-refractivity contribution in [3.05, 3.63) is 11.6 Å². The fraction of sp³-hybridized carbons (Fsp3) is 0.750. The molecule has 6 nitrogen and oxygen atoms in total. The number of hydrogen-bond acceptors (Lipinski definition) is 4. The largest absolute Gasteiger partial charge is 0.396 e. The quantitative estimate of drug-likeness (QED) is 0.711. The van der Waals surface area contributed by atoms with E-state index in [2.05, 4.69) is 20.5 Å². The smallest absolute Gasteiger partial charge is 0.291 e. The lowest BCUT2D eigenvalue weighted by molar-refractivity contribution is 0.0875. The van der Waals surface area contributed by atoms with Crippen LogP contribution in [-0.4, -0.2) is 38.3 Å². The predicted octanol–water partition coefficient (Wildman–Crippen LogP) is 1.21. The van der Waals surface area contributed by atoms with Crippen LogP contribution in [0, 0.1) is 0 Å². The Balaban J connectivity index is 2.74. The van der Waals surface area contributed by atoms with Gasteiger partial charge in [0.15, 0.2) is 0 Å². The number of aliphatic hydroxyl groups excluding tert-OH is 1. The third kappa shape index (κ3) is 3.53. The molecule has 0 saturated carbocycles. The Morgan fingerprint density at radius 1 is 1.56 bits per heavy atom. The summed E-state index contributed by atoms with van der Waals surface area (Å²) in [5.74, 6) is 0.738. The molecule has 0 aliphatic heterocycles. The van der Waals surface area contributed by atoms with Crippen LogP contribution in [0.25, 0.3) is 0 Å². The van der Waals surface area contributed by atoms with E-state index in [1.54, 1.807) is 0 Å². The van der Waals surface area contributed by atoms with Crippen molar-refractivity contribution < 1.29 is 9.90 Å². The molecule has 0 aliphatic carbocycles. The van der Waals surface area contributed by atoms with Gasteiger partial charge in [-0.3, -0.25) is 9.89 Å². The molecule has 1 heterocycles. The number of hydrogen-bond donors (Lipinski definition) is 3. The van der Waals surface area contributed by atoms with Gasteiger partial charge in [-0.25, -0.2) is 4.98 Å². The number of nitrogens with zero attached hydrogens (tertiary/aromatic N) is 2. The van der Waals surface area contributed by atoms with E-state index in [9.17, 15) is 4.79 Å². The number of rotatable bonds is 6. The lowest BCUT2D eigenvalue weighted by atomic mass is 9.95. The maximum Gasteiger partial charge on any atom is 0.291 e. The lowest BCUT2D eigenvalue weighted by Crippen LogP contribution is -2.46. The van der Waals surface area contributed by atoms with Gasteiger partial charge in [-0.15, -0.1) is 5.10 Å². The summed E-state index contributed by atoms with van der Waals surface area (Å²) in [4.78, 5) is 16.1. The van der Waals surface area contributed by atoms with Crippen molar-refractivity contribution in [2.24, 2.45) is 0 Å². The van der Waals surface area contributed by atoms with Crippen molar-refractivity contribution in [3.8, 4) is 0 Å². The molecular weight excluding hydrogens is 232 g/mol. The van der Waals surface area contributed by atoms with Crippen molar-refractivity contribution in [1.82, 2.24) is 20.5 Å². The SMILES string of the molecule is CCC(C)(CCO)NC(=O)c1n[nH]c(C(C)C)n1. The molecule has 6 heteroatoms. The molecule has 1 amide bonds.